The van der Waals surface area contributed by atoms with Crippen LogP contribution in [0.5, 0.6) is 0 Å². The van der Waals surface area contributed by atoms with Crippen LogP contribution in [0.2, 0.25) is 0 Å². The number of aryl methyl sites for hydroxylation is 3. The fourth-order valence-electron chi connectivity index (χ4n) is 3.89. The molecule has 5 heteroatoms. The first kappa shape index (κ1) is 28.5. The van der Waals surface area contributed by atoms with E-state index in [-0.39, 0.29) is 11.9 Å². The van der Waals surface area contributed by atoms with Gasteiger partial charge < -0.3 is 14.4 Å². The van der Waals surface area contributed by atoms with Crippen LogP contribution in [0.3, 0.4) is 0 Å². The zero-order chi connectivity index (χ0) is 27.5. The van der Waals surface area contributed by atoms with Crippen molar-refractivity contribution in [2.75, 3.05) is 18.1 Å². The Morgan fingerprint density at radius 1 is 0.632 bits per heavy atom. The molecular formula is C33H37NO4. The monoisotopic (exact) mass is 511 g/mol. The largest absolute Gasteiger partial charge is 0.462 e. The molecule has 0 unspecified atom stereocenters. The molecule has 198 valence electrons. The van der Waals surface area contributed by atoms with Gasteiger partial charge in [0.25, 0.3) is 0 Å². The summed E-state index contributed by atoms with van der Waals surface area (Å²) in [5, 5.41) is 0. The van der Waals surface area contributed by atoms with E-state index in [1.54, 1.807) is 13.8 Å². The van der Waals surface area contributed by atoms with Crippen LogP contribution < -0.4 is 4.90 Å². The van der Waals surface area contributed by atoms with Crippen molar-refractivity contribution < 1.29 is 19.1 Å². The molecule has 0 amide bonds. The standard InChI is InChI=1S/C33H37NO4/c1-24(2)32(35)37-22-6-8-27-12-18-30(19-13-27)34(29-16-10-26(5)11-17-29)31-20-14-28(15-21-31)9-7-23-38-33(36)25(3)4/h10-21H,1,3,6-9,22-23H2,2,4-5H3. The lowest BCUT2D eigenvalue weighted by Crippen LogP contribution is -2.10. The topological polar surface area (TPSA) is 55.8 Å². The number of carbonyl (C=O) groups is 2. The molecular weight excluding hydrogens is 474 g/mol. The molecule has 5 nitrogen and oxygen atoms in total. The van der Waals surface area contributed by atoms with Gasteiger partial charge in [-0.05, 0) is 94.0 Å². The lowest BCUT2D eigenvalue weighted by Gasteiger charge is -2.26. The first-order valence-electron chi connectivity index (χ1n) is 12.9. The van der Waals surface area contributed by atoms with Crippen LogP contribution in [0.25, 0.3) is 0 Å². The second kappa shape index (κ2) is 14.0. The van der Waals surface area contributed by atoms with Gasteiger partial charge >= 0.3 is 11.9 Å². The molecule has 0 saturated carbocycles. The van der Waals surface area contributed by atoms with Crippen LogP contribution in [0.4, 0.5) is 17.1 Å². The average molecular weight is 512 g/mol. The number of rotatable bonds is 13. The SMILES string of the molecule is C=C(C)C(=O)OCCCc1ccc(N(c2ccc(C)cc2)c2ccc(CCCOC(=O)C(=C)C)cc2)cc1. The Bertz CT molecular complexity index is 1160. The first-order chi connectivity index (χ1) is 18.2. The Morgan fingerprint density at radius 3 is 1.32 bits per heavy atom. The van der Waals surface area contributed by atoms with Crippen molar-refractivity contribution in [3.05, 3.63) is 114 Å². The molecule has 0 spiro atoms. The Morgan fingerprint density at radius 2 is 0.974 bits per heavy atom. The van der Waals surface area contributed by atoms with Gasteiger partial charge in [-0.2, -0.15) is 0 Å². The van der Waals surface area contributed by atoms with Crippen LogP contribution >= 0.6 is 0 Å². The fourth-order valence-corrected chi connectivity index (χ4v) is 3.89. The van der Waals surface area contributed by atoms with Gasteiger partial charge in [-0.15, -0.1) is 0 Å². The Kier molecular flexibility index (Phi) is 10.5. The van der Waals surface area contributed by atoms with Crippen LogP contribution in [0.1, 0.15) is 43.4 Å². The van der Waals surface area contributed by atoms with Gasteiger partial charge in [0.15, 0.2) is 0 Å². The molecule has 0 N–H and O–H groups in total. The summed E-state index contributed by atoms with van der Waals surface area (Å²) in [4.78, 5) is 25.3. The lowest BCUT2D eigenvalue weighted by molar-refractivity contribution is -0.139. The number of hydrogen-bond donors (Lipinski definition) is 0. The van der Waals surface area contributed by atoms with Crippen molar-refractivity contribution in [1.82, 2.24) is 0 Å². The van der Waals surface area contributed by atoms with Gasteiger partial charge in [0.1, 0.15) is 0 Å². The smallest absolute Gasteiger partial charge is 0.333 e. The highest BCUT2D eigenvalue weighted by Gasteiger charge is 2.13. The third-order valence-corrected chi connectivity index (χ3v) is 6.06. The van der Waals surface area contributed by atoms with E-state index in [2.05, 4.69) is 97.8 Å². The first-order valence-corrected chi connectivity index (χ1v) is 12.9. The summed E-state index contributed by atoms with van der Waals surface area (Å²) in [5.74, 6) is -0.683. The van der Waals surface area contributed by atoms with E-state index in [0.29, 0.717) is 24.4 Å². The number of nitrogens with zero attached hydrogens (tertiary/aromatic N) is 1. The normalized spacial score (nSPS) is 10.5. The van der Waals surface area contributed by atoms with Crippen molar-refractivity contribution in [1.29, 1.82) is 0 Å². The number of esters is 2. The molecule has 0 heterocycles. The summed E-state index contributed by atoms with van der Waals surface area (Å²) in [6.45, 7) is 13.4. The number of carbonyl (C=O) groups excluding carboxylic acids is 2. The predicted octanol–water partition coefficient (Wildman–Crippen LogP) is 7.57. The third-order valence-electron chi connectivity index (χ3n) is 6.06. The van der Waals surface area contributed by atoms with Crippen LogP contribution in [-0.4, -0.2) is 25.2 Å². The summed E-state index contributed by atoms with van der Waals surface area (Å²) in [6.07, 6.45) is 3.16. The second-order valence-electron chi connectivity index (χ2n) is 9.54. The molecule has 0 saturated heterocycles. The molecule has 0 aromatic heterocycles. The van der Waals surface area contributed by atoms with Crippen molar-refractivity contribution in [2.45, 2.75) is 46.5 Å². The van der Waals surface area contributed by atoms with Crippen LogP contribution in [0, 0.1) is 6.92 Å². The molecule has 0 aliphatic heterocycles. The van der Waals surface area contributed by atoms with E-state index in [4.69, 9.17) is 9.47 Å². The van der Waals surface area contributed by atoms with Gasteiger partial charge in [0.05, 0.1) is 13.2 Å². The molecule has 0 bridgehead atoms. The summed E-state index contributed by atoms with van der Waals surface area (Å²) < 4.78 is 10.4. The van der Waals surface area contributed by atoms with Crippen molar-refractivity contribution in [3.8, 4) is 0 Å². The van der Waals surface area contributed by atoms with E-state index in [1.807, 2.05) is 0 Å². The minimum Gasteiger partial charge on any atom is -0.462 e. The minimum atomic E-state index is -0.341. The van der Waals surface area contributed by atoms with Gasteiger partial charge in [-0.1, -0.05) is 55.1 Å². The van der Waals surface area contributed by atoms with Gasteiger partial charge in [0, 0.05) is 28.2 Å². The van der Waals surface area contributed by atoms with Crippen LogP contribution in [-0.2, 0) is 31.9 Å². The van der Waals surface area contributed by atoms with E-state index in [1.165, 1.54) is 16.7 Å². The van der Waals surface area contributed by atoms with Crippen molar-refractivity contribution >= 4 is 29.0 Å². The minimum absolute atomic E-state index is 0.341. The van der Waals surface area contributed by atoms with E-state index < -0.39 is 0 Å². The van der Waals surface area contributed by atoms with Crippen LogP contribution in [0.15, 0.2) is 97.1 Å². The maximum Gasteiger partial charge on any atom is 0.333 e. The predicted molar refractivity (Wildman–Crippen MR) is 154 cm³/mol. The molecule has 0 atom stereocenters. The highest BCUT2D eigenvalue weighted by atomic mass is 16.5. The molecule has 0 aliphatic rings. The zero-order valence-electron chi connectivity index (χ0n) is 22.7. The Hall–Kier alpha value is -4.12. The summed E-state index contributed by atoms with van der Waals surface area (Å²) in [6, 6.07) is 25.5. The molecule has 3 aromatic carbocycles. The molecule has 0 aliphatic carbocycles. The van der Waals surface area contributed by atoms with Gasteiger partial charge in [-0.25, -0.2) is 9.59 Å². The fraction of sp³-hybridized carbons (Fsp3) is 0.273. The van der Waals surface area contributed by atoms with E-state index in [0.717, 1.165) is 42.7 Å². The maximum absolute atomic E-state index is 11.5. The van der Waals surface area contributed by atoms with E-state index in [9.17, 15) is 9.59 Å². The number of anilines is 3. The highest BCUT2D eigenvalue weighted by molar-refractivity contribution is 5.87. The van der Waals surface area contributed by atoms with Crippen molar-refractivity contribution in [2.24, 2.45) is 0 Å². The molecule has 0 radical (unpaired) electrons. The molecule has 3 aromatic rings. The maximum atomic E-state index is 11.5. The van der Waals surface area contributed by atoms with Gasteiger partial charge in [-0.3, -0.25) is 0 Å². The van der Waals surface area contributed by atoms with E-state index >= 15 is 0 Å². The molecule has 3 rings (SSSR count). The summed E-state index contributed by atoms with van der Waals surface area (Å²) in [5.41, 5.74) is 7.62. The summed E-state index contributed by atoms with van der Waals surface area (Å²) in [7, 11) is 0. The zero-order valence-corrected chi connectivity index (χ0v) is 22.7. The lowest BCUT2D eigenvalue weighted by atomic mass is 10.1. The summed E-state index contributed by atoms with van der Waals surface area (Å²) >= 11 is 0. The number of benzene rings is 3. The number of hydrogen-bond acceptors (Lipinski definition) is 5. The van der Waals surface area contributed by atoms with Gasteiger partial charge in [0.2, 0.25) is 0 Å². The average Bonchev–Trinajstić information content (AvgIpc) is 2.91. The molecule has 38 heavy (non-hydrogen) atoms. The molecule has 0 fully saturated rings. The number of ether oxygens (including phenoxy) is 2. The quantitative estimate of drug-likeness (QED) is 0.135. The van der Waals surface area contributed by atoms with Crippen molar-refractivity contribution in [3.63, 3.8) is 0 Å². The Balaban J connectivity index is 1.69. The Labute approximate surface area is 226 Å². The third kappa shape index (κ3) is 8.48. The highest BCUT2D eigenvalue weighted by Crippen LogP contribution is 2.35. The second-order valence-corrected chi connectivity index (χ2v) is 9.54.